The normalized spacial score (nSPS) is 29.1. The SMILES string of the molecule is CC1CCN(C(=O)CCN2C(=O)C3CC=CCC3C2=O)CC1. The summed E-state index contributed by atoms with van der Waals surface area (Å²) in [5.41, 5.74) is 0. The molecule has 2 atom stereocenters. The van der Waals surface area contributed by atoms with E-state index in [0.717, 1.165) is 25.9 Å². The largest absolute Gasteiger partial charge is 0.343 e. The van der Waals surface area contributed by atoms with E-state index in [1.807, 2.05) is 17.1 Å². The van der Waals surface area contributed by atoms with Crippen molar-refractivity contribution in [2.24, 2.45) is 17.8 Å². The van der Waals surface area contributed by atoms with E-state index in [0.29, 0.717) is 18.8 Å². The highest BCUT2D eigenvalue weighted by molar-refractivity contribution is 6.05. The average molecular weight is 304 g/mol. The summed E-state index contributed by atoms with van der Waals surface area (Å²) < 4.78 is 0. The summed E-state index contributed by atoms with van der Waals surface area (Å²) in [6.07, 6.45) is 7.63. The Balaban J connectivity index is 1.54. The van der Waals surface area contributed by atoms with Gasteiger partial charge < -0.3 is 4.90 Å². The Hall–Kier alpha value is -1.65. The zero-order valence-electron chi connectivity index (χ0n) is 13.2. The van der Waals surface area contributed by atoms with Crippen LogP contribution in [0.3, 0.4) is 0 Å². The van der Waals surface area contributed by atoms with Crippen LogP contribution in [0.15, 0.2) is 12.2 Å². The van der Waals surface area contributed by atoms with Crippen molar-refractivity contribution in [1.82, 2.24) is 9.80 Å². The highest BCUT2D eigenvalue weighted by Gasteiger charge is 2.47. The molecule has 0 aromatic heterocycles. The zero-order valence-corrected chi connectivity index (χ0v) is 13.2. The molecule has 0 spiro atoms. The molecule has 3 rings (SSSR count). The third-order valence-electron chi connectivity index (χ3n) is 5.28. The lowest BCUT2D eigenvalue weighted by molar-refractivity contribution is -0.141. The van der Waals surface area contributed by atoms with Crippen LogP contribution in [0.1, 0.15) is 39.0 Å². The Morgan fingerprint density at radius 1 is 1.09 bits per heavy atom. The minimum absolute atomic E-state index is 0.0699. The third kappa shape index (κ3) is 2.81. The first-order valence-corrected chi connectivity index (χ1v) is 8.36. The molecular formula is C17H24N2O3. The predicted molar refractivity (Wildman–Crippen MR) is 81.7 cm³/mol. The number of likely N-dealkylation sites (tertiary alicyclic amines) is 2. The number of piperidine rings is 1. The Morgan fingerprint density at radius 3 is 2.18 bits per heavy atom. The number of rotatable bonds is 3. The van der Waals surface area contributed by atoms with E-state index in [2.05, 4.69) is 6.92 Å². The van der Waals surface area contributed by atoms with Crippen molar-refractivity contribution in [2.75, 3.05) is 19.6 Å². The molecule has 2 fully saturated rings. The molecular weight excluding hydrogens is 280 g/mol. The topological polar surface area (TPSA) is 57.7 Å². The number of allylic oxidation sites excluding steroid dienone is 2. The first-order valence-electron chi connectivity index (χ1n) is 8.36. The van der Waals surface area contributed by atoms with Crippen LogP contribution in [-0.4, -0.2) is 47.2 Å². The Kier molecular flexibility index (Phi) is 4.32. The van der Waals surface area contributed by atoms with Gasteiger partial charge in [0.1, 0.15) is 0 Å². The maximum absolute atomic E-state index is 12.3. The van der Waals surface area contributed by atoms with Gasteiger partial charge in [-0.2, -0.15) is 0 Å². The molecule has 0 saturated carbocycles. The molecule has 2 heterocycles. The lowest BCUT2D eigenvalue weighted by Crippen LogP contribution is -2.40. The fraction of sp³-hybridized carbons (Fsp3) is 0.706. The fourth-order valence-corrected chi connectivity index (χ4v) is 3.71. The number of hydrogen-bond donors (Lipinski definition) is 0. The highest BCUT2D eigenvalue weighted by Crippen LogP contribution is 2.35. The first-order chi connectivity index (χ1) is 10.6. The van der Waals surface area contributed by atoms with Crippen molar-refractivity contribution in [3.8, 4) is 0 Å². The summed E-state index contributed by atoms with van der Waals surface area (Å²) in [5.74, 6) is 0.201. The molecule has 2 aliphatic heterocycles. The summed E-state index contributed by atoms with van der Waals surface area (Å²) in [6, 6.07) is 0. The predicted octanol–water partition coefficient (Wildman–Crippen LogP) is 1.59. The number of carbonyl (C=O) groups excluding carboxylic acids is 3. The third-order valence-corrected chi connectivity index (χ3v) is 5.28. The molecule has 3 amide bonds. The van der Waals surface area contributed by atoms with Crippen LogP contribution in [-0.2, 0) is 14.4 Å². The van der Waals surface area contributed by atoms with E-state index in [1.54, 1.807) is 0 Å². The van der Waals surface area contributed by atoms with Gasteiger partial charge in [0.15, 0.2) is 0 Å². The van der Waals surface area contributed by atoms with Gasteiger partial charge in [-0.05, 0) is 31.6 Å². The molecule has 2 unspecified atom stereocenters. The number of nitrogens with zero attached hydrogens (tertiary/aromatic N) is 2. The van der Waals surface area contributed by atoms with Gasteiger partial charge in [-0.1, -0.05) is 19.1 Å². The van der Waals surface area contributed by atoms with Crippen molar-refractivity contribution in [1.29, 1.82) is 0 Å². The standard InChI is InChI=1S/C17H24N2O3/c1-12-6-9-18(10-7-12)15(20)8-11-19-16(21)13-4-2-3-5-14(13)17(19)22/h2-3,12-14H,4-11H2,1H3. The van der Waals surface area contributed by atoms with Gasteiger partial charge in [0.25, 0.3) is 0 Å². The fourth-order valence-electron chi connectivity index (χ4n) is 3.71. The minimum atomic E-state index is -0.191. The lowest BCUT2D eigenvalue weighted by Gasteiger charge is -2.30. The summed E-state index contributed by atoms with van der Waals surface area (Å²) in [5, 5.41) is 0. The molecule has 0 aromatic rings. The second kappa shape index (κ2) is 6.23. The van der Waals surface area contributed by atoms with Crippen LogP contribution in [0, 0.1) is 17.8 Å². The van der Waals surface area contributed by atoms with Crippen LogP contribution in [0.5, 0.6) is 0 Å². The molecule has 0 N–H and O–H groups in total. The maximum Gasteiger partial charge on any atom is 0.233 e. The van der Waals surface area contributed by atoms with Crippen LogP contribution in [0.2, 0.25) is 0 Å². The highest BCUT2D eigenvalue weighted by atomic mass is 16.2. The van der Waals surface area contributed by atoms with E-state index in [1.165, 1.54) is 4.90 Å². The van der Waals surface area contributed by atoms with Crippen molar-refractivity contribution in [3.63, 3.8) is 0 Å². The number of hydrogen-bond acceptors (Lipinski definition) is 3. The quantitative estimate of drug-likeness (QED) is 0.587. The number of imide groups is 1. The van der Waals surface area contributed by atoms with Gasteiger partial charge in [-0.25, -0.2) is 0 Å². The lowest BCUT2D eigenvalue weighted by atomic mass is 9.85. The molecule has 5 heteroatoms. The monoisotopic (exact) mass is 304 g/mol. The molecule has 0 bridgehead atoms. The molecule has 22 heavy (non-hydrogen) atoms. The van der Waals surface area contributed by atoms with Crippen molar-refractivity contribution in [2.45, 2.75) is 39.0 Å². The van der Waals surface area contributed by atoms with E-state index in [9.17, 15) is 14.4 Å². The van der Waals surface area contributed by atoms with Gasteiger partial charge in [-0.3, -0.25) is 19.3 Å². The number of fused-ring (bicyclic) bond motifs is 1. The van der Waals surface area contributed by atoms with Gasteiger partial charge in [0, 0.05) is 26.1 Å². The van der Waals surface area contributed by atoms with E-state index in [4.69, 9.17) is 0 Å². The summed E-state index contributed by atoms with van der Waals surface area (Å²) in [7, 11) is 0. The summed E-state index contributed by atoms with van der Waals surface area (Å²) in [4.78, 5) is 40.1. The summed E-state index contributed by atoms with van der Waals surface area (Å²) >= 11 is 0. The zero-order chi connectivity index (χ0) is 15.7. The van der Waals surface area contributed by atoms with Crippen molar-refractivity contribution < 1.29 is 14.4 Å². The molecule has 5 nitrogen and oxygen atoms in total. The van der Waals surface area contributed by atoms with E-state index in [-0.39, 0.29) is 42.5 Å². The van der Waals surface area contributed by atoms with Crippen LogP contribution < -0.4 is 0 Å². The Bertz CT molecular complexity index is 480. The van der Waals surface area contributed by atoms with Gasteiger partial charge in [0.2, 0.25) is 17.7 Å². The van der Waals surface area contributed by atoms with Crippen molar-refractivity contribution >= 4 is 17.7 Å². The number of amides is 3. The smallest absolute Gasteiger partial charge is 0.233 e. The minimum Gasteiger partial charge on any atom is -0.343 e. The van der Waals surface area contributed by atoms with Crippen LogP contribution in [0.4, 0.5) is 0 Å². The second-order valence-corrected chi connectivity index (χ2v) is 6.80. The van der Waals surface area contributed by atoms with E-state index < -0.39 is 0 Å². The average Bonchev–Trinajstić information content (AvgIpc) is 2.78. The van der Waals surface area contributed by atoms with Crippen LogP contribution >= 0.6 is 0 Å². The molecule has 120 valence electrons. The molecule has 0 aromatic carbocycles. The van der Waals surface area contributed by atoms with Crippen molar-refractivity contribution in [3.05, 3.63) is 12.2 Å². The molecule has 1 aliphatic carbocycles. The molecule has 2 saturated heterocycles. The first kappa shape index (κ1) is 15.3. The Labute approximate surface area is 131 Å². The molecule has 0 radical (unpaired) electrons. The van der Waals surface area contributed by atoms with Crippen LogP contribution in [0.25, 0.3) is 0 Å². The molecule has 3 aliphatic rings. The van der Waals surface area contributed by atoms with Gasteiger partial charge in [-0.15, -0.1) is 0 Å². The second-order valence-electron chi connectivity index (χ2n) is 6.80. The summed E-state index contributed by atoms with van der Waals surface area (Å²) in [6.45, 7) is 4.06. The maximum atomic E-state index is 12.3. The van der Waals surface area contributed by atoms with E-state index >= 15 is 0 Å². The van der Waals surface area contributed by atoms with Gasteiger partial charge >= 0.3 is 0 Å². The van der Waals surface area contributed by atoms with Gasteiger partial charge in [0.05, 0.1) is 11.8 Å². The Morgan fingerprint density at radius 2 is 1.64 bits per heavy atom. The number of carbonyl (C=O) groups is 3.